The van der Waals surface area contributed by atoms with Crippen LogP contribution in [0.3, 0.4) is 0 Å². The van der Waals surface area contributed by atoms with Gasteiger partial charge in [0.2, 0.25) is 5.91 Å². The smallest absolute Gasteiger partial charge is 0.223 e. The number of amides is 1. The Labute approximate surface area is 153 Å². The maximum Gasteiger partial charge on any atom is 0.223 e. The molecule has 6 heteroatoms. The number of likely N-dealkylation sites (N-methyl/N-ethyl adjacent to an activating group) is 1. The Bertz CT molecular complexity index is 774. The Morgan fingerprint density at radius 2 is 2.16 bits per heavy atom. The molecule has 25 heavy (non-hydrogen) atoms. The van der Waals surface area contributed by atoms with E-state index in [0.717, 1.165) is 36.1 Å². The van der Waals surface area contributed by atoms with Crippen molar-refractivity contribution in [3.8, 4) is 0 Å². The summed E-state index contributed by atoms with van der Waals surface area (Å²) in [4.78, 5) is 21.8. The number of benzene rings is 1. The van der Waals surface area contributed by atoms with Crippen molar-refractivity contribution >= 4 is 28.7 Å². The number of likely N-dealkylation sites (tertiary alicyclic amines) is 2. The van der Waals surface area contributed by atoms with Gasteiger partial charge in [0.25, 0.3) is 0 Å². The third-order valence-corrected chi connectivity index (χ3v) is 6.64. The molecule has 2 aliphatic rings. The van der Waals surface area contributed by atoms with Crippen molar-refractivity contribution < 1.29 is 4.79 Å². The van der Waals surface area contributed by atoms with Gasteiger partial charge in [0, 0.05) is 37.8 Å². The van der Waals surface area contributed by atoms with Crippen LogP contribution in [0.4, 0.5) is 0 Å². The van der Waals surface area contributed by atoms with Gasteiger partial charge in [0.15, 0.2) is 5.16 Å². The van der Waals surface area contributed by atoms with Gasteiger partial charge in [-0.2, -0.15) is 0 Å². The van der Waals surface area contributed by atoms with Crippen LogP contribution in [-0.2, 0) is 11.3 Å². The second kappa shape index (κ2) is 7.00. The van der Waals surface area contributed by atoms with E-state index in [9.17, 15) is 4.79 Å². The number of carbonyl (C=O) groups is 1. The molecule has 0 saturated carbocycles. The van der Waals surface area contributed by atoms with E-state index in [0.29, 0.717) is 24.3 Å². The van der Waals surface area contributed by atoms with Crippen LogP contribution >= 0.6 is 11.8 Å². The molecule has 1 aromatic heterocycles. The minimum atomic E-state index is 0.300. The number of hydrogen-bond donors (Lipinski definition) is 0. The lowest BCUT2D eigenvalue weighted by atomic mass is 10.1. The summed E-state index contributed by atoms with van der Waals surface area (Å²) in [5.41, 5.74) is 2.21. The number of thioether (sulfide) groups is 1. The van der Waals surface area contributed by atoms with Gasteiger partial charge in [0.1, 0.15) is 0 Å². The summed E-state index contributed by atoms with van der Waals surface area (Å²) < 4.78 is 2.24. The van der Waals surface area contributed by atoms with Crippen molar-refractivity contribution in [2.45, 2.75) is 37.5 Å². The third kappa shape index (κ3) is 3.17. The molecule has 4 rings (SSSR count). The molecule has 2 saturated heterocycles. The van der Waals surface area contributed by atoms with Crippen LogP contribution in [-0.4, -0.2) is 63.7 Å². The summed E-state index contributed by atoms with van der Waals surface area (Å²) in [5, 5.41) is 1.02. The van der Waals surface area contributed by atoms with Gasteiger partial charge in [-0.05, 0) is 45.0 Å². The summed E-state index contributed by atoms with van der Waals surface area (Å²) in [5.74, 6) is 1.78. The Balaban J connectivity index is 1.34. The summed E-state index contributed by atoms with van der Waals surface area (Å²) in [6.45, 7) is 6.09. The number of para-hydroxylation sites is 2. The molecule has 134 valence electrons. The largest absolute Gasteiger partial charge is 0.341 e. The van der Waals surface area contributed by atoms with E-state index in [4.69, 9.17) is 4.98 Å². The Morgan fingerprint density at radius 1 is 1.32 bits per heavy atom. The van der Waals surface area contributed by atoms with E-state index >= 15 is 0 Å². The van der Waals surface area contributed by atoms with E-state index in [1.807, 2.05) is 6.07 Å². The monoisotopic (exact) mass is 358 g/mol. The number of nitrogens with zero attached hydrogens (tertiary/aromatic N) is 4. The van der Waals surface area contributed by atoms with Gasteiger partial charge in [-0.3, -0.25) is 4.79 Å². The molecule has 2 atom stereocenters. The molecule has 2 aliphatic heterocycles. The zero-order valence-electron chi connectivity index (χ0n) is 15.0. The molecule has 0 radical (unpaired) electrons. The molecule has 1 aromatic carbocycles. The minimum Gasteiger partial charge on any atom is -0.341 e. The maximum absolute atomic E-state index is 12.6. The van der Waals surface area contributed by atoms with E-state index in [1.165, 1.54) is 18.5 Å². The lowest BCUT2D eigenvalue weighted by Gasteiger charge is -2.20. The van der Waals surface area contributed by atoms with E-state index in [1.54, 1.807) is 11.8 Å². The van der Waals surface area contributed by atoms with E-state index in [-0.39, 0.29) is 0 Å². The molecule has 0 spiro atoms. The Morgan fingerprint density at radius 3 is 2.96 bits per heavy atom. The molecule has 0 unspecified atom stereocenters. The molecule has 5 nitrogen and oxygen atoms in total. The average Bonchev–Trinajstić information content (AvgIpc) is 3.28. The SMILES string of the molecule is CCn1c(SCCC(=O)N2C[C@@H]3CCN(C)[C@@H]3C2)nc2ccccc21. The fourth-order valence-corrected chi connectivity index (χ4v) is 5.24. The first-order valence-electron chi connectivity index (χ1n) is 9.23. The Hall–Kier alpha value is -1.53. The highest BCUT2D eigenvalue weighted by molar-refractivity contribution is 7.99. The molecule has 0 bridgehead atoms. The minimum absolute atomic E-state index is 0.300. The van der Waals surface area contributed by atoms with Crippen molar-refractivity contribution in [2.24, 2.45) is 5.92 Å². The standard InChI is InChI=1S/C19H26N4OS/c1-3-23-16-7-5-4-6-15(16)20-19(23)25-11-9-18(24)22-12-14-8-10-21(2)17(14)13-22/h4-7,14,17H,3,8-13H2,1-2H3/t14-,17+/m0/s1. The summed E-state index contributed by atoms with van der Waals surface area (Å²) in [6, 6.07) is 8.82. The van der Waals surface area contributed by atoms with Crippen LogP contribution in [0.25, 0.3) is 11.0 Å². The fourth-order valence-electron chi connectivity index (χ4n) is 4.23. The van der Waals surface area contributed by atoms with Gasteiger partial charge < -0.3 is 14.4 Å². The zero-order valence-corrected chi connectivity index (χ0v) is 15.8. The number of imidazole rings is 1. The highest BCUT2D eigenvalue weighted by Gasteiger charge is 2.40. The predicted octanol–water partition coefficient (Wildman–Crippen LogP) is 2.70. The quantitative estimate of drug-likeness (QED) is 0.771. The van der Waals surface area contributed by atoms with Crippen LogP contribution in [0.2, 0.25) is 0 Å². The van der Waals surface area contributed by atoms with Crippen molar-refractivity contribution in [3.05, 3.63) is 24.3 Å². The fraction of sp³-hybridized carbons (Fsp3) is 0.579. The van der Waals surface area contributed by atoms with Crippen LogP contribution in [0.15, 0.2) is 29.4 Å². The average molecular weight is 359 g/mol. The molecule has 2 aromatic rings. The number of hydrogen-bond acceptors (Lipinski definition) is 4. The van der Waals surface area contributed by atoms with Crippen molar-refractivity contribution in [2.75, 3.05) is 32.4 Å². The highest BCUT2D eigenvalue weighted by Crippen LogP contribution is 2.31. The highest BCUT2D eigenvalue weighted by atomic mass is 32.2. The Kier molecular flexibility index (Phi) is 4.73. The first-order valence-corrected chi connectivity index (χ1v) is 10.2. The molecule has 0 aliphatic carbocycles. The van der Waals surface area contributed by atoms with Crippen LogP contribution in [0, 0.1) is 5.92 Å². The number of aryl methyl sites for hydroxylation is 1. The van der Waals surface area contributed by atoms with Gasteiger partial charge in [-0.25, -0.2) is 4.98 Å². The predicted molar refractivity (Wildman–Crippen MR) is 102 cm³/mol. The second-order valence-electron chi connectivity index (χ2n) is 7.12. The van der Waals surface area contributed by atoms with Crippen molar-refractivity contribution in [1.82, 2.24) is 19.4 Å². The molecule has 0 N–H and O–H groups in total. The van der Waals surface area contributed by atoms with Crippen LogP contribution in [0.5, 0.6) is 0 Å². The normalized spacial score (nSPS) is 23.5. The maximum atomic E-state index is 12.6. The van der Waals surface area contributed by atoms with Gasteiger partial charge >= 0.3 is 0 Å². The van der Waals surface area contributed by atoms with Crippen LogP contribution < -0.4 is 0 Å². The summed E-state index contributed by atoms with van der Waals surface area (Å²) in [7, 11) is 2.18. The number of carbonyl (C=O) groups excluding carboxylic acids is 1. The molecular weight excluding hydrogens is 332 g/mol. The lowest BCUT2D eigenvalue weighted by molar-refractivity contribution is -0.130. The number of rotatable bonds is 5. The van der Waals surface area contributed by atoms with Gasteiger partial charge in [-0.1, -0.05) is 23.9 Å². The van der Waals surface area contributed by atoms with Crippen LogP contribution in [0.1, 0.15) is 19.8 Å². The lowest BCUT2D eigenvalue weighted by Crippen LogP contribution is -2.35. The van der Waals surface area contributed by atoms with Gasteiger partial charge in [-0.15, -0.1) is 0 Å². The third-order valence-electron chi connectivity index (χ3n) is 5.66. The number of fused-ring (bicyclic) bond motifs is 2. The molecule has 3 heterocycles. The molecule has 1 amide bonds. The molecular formula is C19H26N4OS. The zero-order chi connectivity index (χ0) is 17.4. The van der Waals surface area contributed by atoms with E-state index < -0.39 is 0 Å². The van der Waals surface area contributed by atoms with E-state index in [2.05, 4.69) is 46.5 Å². The van der Waals surface area contributed by atoms with Crippen molar-refractivity contribution in [3.63, 3.8) is 0 Å². The first-order chi connectivity index (χ1) is 12.2. The summed E-state index contributed by atoms with van der Waals surface area (Å²) >= 11 is 1.70. The topological polar surface area (TPSA) is 41.4 Å². The second-order valence-corrected chi connectivity index (χ2v) is 8.18. The van der Waals surface area contributed by atoms with Crippen molar-refractivity contribution in [1.29, 1.82) is 0 Å². The number of aromatic nitrogens is 2. The van der Waals surface area contributed by atoms with Gasteiger partial charge in [0.05, 0.1) is 11.0 Å². The molecule has 2 fully saturated rings. The summed E-state index contributed by atoms with van der Waals surface area (Å²) in [6.07, 6.45) is 1.83. The first kappa shape index (κ1) is 16.9.